The van der Waals surface area contributed by atoms with Crippen LogP contribution in [0.5, 0.6) is 0 Å². The van der Waals surface area contributed by atoms with Crippen LogP contribution in [0.15, 0.2) is 47.3 Å². The van der Waals surface area contributed by atoms with Gasteiger partial charge >= 0.3 is 0 Å². The van der Waals surface area contributed by atoms with Gasteiger partial charge in [-0.05, 0) is 19.9 Å². The van der Waals surface area contributed by atoms with Crippen molar-refractivity contribution in [1.29, 1.82) is 0 Å². The molecule has 0 unspecified atom stereocenters. The highest BCUT2D eigenvalue weighted by Crippen LogP contribution is 2.06. The molecule has 1 heterocycles. The molecular formula is C15H15NO2. The van der Waals surface area contributed by atoms with E-state index < -0.39 is 0 Å². The summed E-state index contributed by atoms with van der Waals surface area (Å²) in [4.78, 5) is 23.7. The summed E-state index contributed by atoms with van der Waals surface area (Å²) in [6, 6.07) is 12.4. The maximum atomic E-state index is 12.1. The Morgan fingerprint density at radius 3 is 2.33 bits per heavy atom. The van der Waals surface area contributed by atoms with Crippen molar-refractivity contribution in [2.75, 3.05) is 0 Å². The van der Waals surface area contributed by atoms with E-state index in [1.807, 2.05) is 32.0 Å². The van der Waals surface area contributed by atoms with Gasteiger partial charge in [0, 0.05) is 17.3 Å². The third kappa shape index (κ3) is 2.56. The van der Waals surface area contributed by atoms with Gasteiger partial charge < -0.3 is 4.57 Å². The molecule has 0 saturated heterocycles. The molecule has 0 bridgehead atoms. The molecule has 1 aromatic heterocycles. The molecule has 18 heavy (non-hydrogen) atoms. The van der Waals surface area contributed by atoms with E-state index in [-0.39, 0.29) is 17.9 Å². The van der Waals surface area contributed by atoms with Crippen molar-refractivity contribution in [3.8, 4) is 0 Å². The highest BCUT2D eigenvalue weighted by Gasteiger charge is 2.08. The van der Waals surface area contributed by atoms with Gasteiger partial charge in [0.1, 0.15) is 0 Å². The number of pyridine rings is 1. The van der Waals surface area contributed by atoms with Crippen molar-refractivity contribution < 1.29 is 4.79 Å². The lowest BCUT2D eigenvalue weighted by Crippen LogP contribution is -2.25. The number of Topliss-reactive ketones (excluding diaryl/α,β-unsaturated/α-hetero) is 1. The zero-order valence-corrected chi connectivity index (χ0v) is 10.5. The van der Waals surface area contributed by atoms with Crippen molar-refractivity contribution in [2.24, 2.45) is 0 Å². The first-order valence-corrected chi connectivity index (χ1v) is 5.84. The Balaban J connectivity index is 2.27. The zero-order valence-electron chi connectivity index (χ0n) is 10.5. The topological polar surface area (TPSA) is 39.1 Å². The number of benzene rings is 1. The molecule has 3 nitrogen and oxygen atoms in total. The molecule has 2 rings (SSSR count). The predicted molar refractivity (Wildman–Crippen MR) is 70.9 cm³/mol. The number of rotatable bonds is 3. The molecule has 0 atom stereocenters. The van der Waals surface area contributed by atoms with E-state index in [4.69, 9.17) is 0 Å². The minimum atomic E-state index is -0.143. The fourth-order valence-electron chi connectivity index (χ4n) is 1.80. The summed E-state index contributed by atoms with van der Waals surface area (Å²) in [5.41, 5.74) is 2.40. The van der Waals surface area contributed by atoms with Crippen molar-refractivity contribution in [3.63, 3.8) is 0 Å². The molecule has 0 aliphatic carbocycles. The molecular weight excluding hydrogens is 226 g/mol. The van der Waals surface area contributed by atoms with Crippen molar-refractivity contribution >= 4 is 5.78 Å². The molecule has 0 spiro atoms. The predicted octanol–water partition coefficient (Wildman–Crippen LogP) is 2.35. The van der Waals surface area contributed by atoms with Gasteiger partial charge in [-0.3, -0.25) is 9.59 Å². The Kier molecular flexibility index (Phi) is 3.42. The van der Waals surface area contributed by atoms with Crippen LogP contribution in [0.25, 0.3) is 0 Å². The average molecular weight is 241 g/mol. The minimum absolute atomic E-state index is 0.0496. The number of aryl methyl sites for hydroxylation is 2. The maximum Gasteiger partial charge on any atom is 0.251 e. The van der Waals surface area contributed by atoms with E-state index >= 15 is 0 Å². The lowest BCUT2D eigenvalue weighted by atomic mass is 10.1. The SMILES string of the molecule is Cc1ccc(C(=O)Cn2c(C)cccc2=O)cc1. The first kappa shape index (κ1) is 12.3. The molecule has 0 saturated carbocycles. The van der Waals surface area contributed by atoms with Crippen LogP contribution in [0.1, 0.15) is 21.6 Å². The minimum Gasteiger partial charge on any atom is -0.305 e. The molecule has 92 valence electrons. The molecule has 3 heteroatoms. The van der Waals surface area contributed by atoms with Crippen LogP contribution >= 0.6 is 0 Å². The van der Waals surface area contributed by atoms with Crippen LogP contribution in [0, 0.1) is 13.8 Å². The van der Waals surface area contributed by atoms with Gasteiger partial charge in [0.05, 0.1) is 6.54 Å². The largest absolute Gasteiger partial charge is 0.305 e. The Hall–Kier alpha value is -2.16. The third-order valence-electron chi connectivity index (χ3n) is 2.94. The molecule has 0 N–H and O–H groups in total. The number of carbonyl (C=O) groups is 1. The van der Waals surface area contributed by atoms with E-state index in [1.54, 1.807) is 18.2 Å². The van der Waals surface area contributed by atoms with Gasteiger partial charge in [0.2, 0.25) is 0 Å². The van der Waals surface area contributed by atoms with E-state index in [2.05, 4.69) is 0 Å². The van der Waals surface area contributed by atoms with Crippen LogP contribution in [0.2, 0.25) is 0 Å². The number of nitrogens with zero attached hydrogens (tertiary/aromatic N) is 1. The van der Waals surface area contributed by atoms with Crippen molar-refractivity contribution in [1.82, 2.24) is 4.57 Å². The van der Waals surface area contributed by atoms with Crippen LogP contribution in [0.3, 0.4) is 0 Å². The second-order valence-electron chi connectivity index (χ2n) is 4.38. The Labute approximate surface area is 106 Å². The molecule has 0 amide bonds. The summed E-state index contributed by atoms with van der Waals surface area (Å²) in [6.07, 6.45) is 0. The first-order chi connectivity index (χ1) is 8.58. The average Bonchev–Trinajstić information content (AvgIpc) is 2.34. The summed E-state index contributed by atoms with van der Waals surface area (Å²) in [7, 11) is 0. The summed E-state index contributed by atoms with van der Waals surface area (Å²) in [5, 5.41) is 0. The van der Waals surface area contributed by atoms with Gasteiger partial charge in [-0.2, -0.15) is 0 Å². The van der Waals surface area contributed by atoms with Gasteiger partial charge in [-0.1, -0.05) is 35.9 Å². The highest BCUT2D eigenvalue weighted by atomic mass is 16.1. The Bertz CT molecular complexity index is 624. The third-order valence-corrected chi connectivity index (χ3v) is 2.94. The van der Waals surface area contributed by atoms with Crippen LogP contribution < -0.4 is 5.56 Å². The molecule has 1 aromatic carbocycles. The highest BCUT2D eigenvalue weighted by molar-refractivity contribution is 5.95. The van der Waals surface area contributed by atoms with Gasteiger partial charge in [-0.15, -0.1) is 0 Å². The molecule has 0 aliphatic rings. The fourth-order valence-corrected chi connectivity index (χ4v) is 1.80. The van der Waals surface area contributed by atoms with Gasteiger partial charge in [-0.25, -0.2) is 0 Å². The Morgan fingerprint density at radius 1 is 1.06 bits per heavy atom. The van der Waals surface area contributed by atoms with Crippen molar-refractivity contribution in [2.45, 2.75) is 20.4 Å². The monoisotopic (exact) mass is 241 g/mol. The smallest absolute Gasteiger partial charge is 0.251 e. The van der Waals surface area contributed by atoms with E-state index in [1.165, 1.54) is 10.6 Å². The number of aromatic nitrogens is 1. The lowest BCUT2D eigenvalue weighted by Gasteiger charge is -2.08. The number of carbonyl (C=O) groups excluding carboxylic acids is 1. The fraction of sp³-hybridized carbons (Fsp3) is 0.200. The van der Waals surface area contributed by atoms with E-state index in [0.717, 1.165) is 11.3 Å². The van der Waals surface area contributed by atoms with Crippen LogP contribution in [-0.4, -0.2) is 10.4 Å². The van der Waals surface area contributed by atoms with Crippen LogP contribution in [-0.2, 0) is 6.54 Å². The number of hydrogen-bond donors (Lipinski definition) is 0. The molecule has 0 fully saturated rings. The second-order valence-corrected chi connectivity index (χ2v) is 4.38. The second kappa shape index (κ2) is 5.00. The number of ketones is 1. The summed E-state index contributed by atoms with van der Waals surface area (Å²) < 4.78 is 1.49. The summed E-state index contributed by atoms with van der Waals surface area (Å²) in [6.45, 7) is 3.89. The normalized spacial score (nSPS) is 10.3. The first-order valence-electron chi connectivity index (χ1n) is 5.84. The quantitative estimate of drug-likeness (QED) is 0.774. The summed E-state index contributed by atoms with van der Waals surface area (Å²) >= 11 is 0. The van der Waals surface area contributed by atoms with E-state index in [0.29, 0.717) is 5.56 Å². The van der Waals surface area contributed by atoms with Gasteiger partial charge in [0.25, 0.3) is 5.56 Å². The summed E-state index contributed by atoms with van der Waals surface area (Å²) in [5.74, 6) is -0.0496. The number of hydrogen-bond acceptors (Lipinski definition) is 2. The molecule has 0 radical (unpaired) electrons. The standard InChI is InChI=1S/C15H15NO2/c1-11-6-8-13(9-7-11)14(17)10-16-12(2)4-3-5-15(16)18/h3-9H,10H2,1-2H3. The van der Waals surface area contributed by atoms with Gasteiger partial charge in [0.15, 0.2) is 5.78 Å². The van der Waals surface area contributed by atoms with Crippen molar-refractivity contribution in [3.05, 3.63) is 69.6 Å². The zero-order chi connectivity index (χ0) is 13.1. The van der Waals surface area contributed by atoms with E-state index in [9.17, 15) is 9.59 Å². The molecule has 0 aliphatic heterocycles. The molecule has 2 aromatic rings. The maximum absolute atomic E-state index is 12.1. The van der Waals surface area contributed by atoms with Crippen LogP contribution in [0.4, 0.5) is 0 Å². The Morgan fingerprint density at radius 2 is 1.72 bits per heavy atom. The lowest BCUT2D eigenvalue weighted by molar-refractivity contribution is 0.0970.